The molecule has 1 aromatic carbocycles. The van der Waals surface area contributed by atoms with Crippen LogP contribution < -0.4 is 4.90 Å². The lowest BCUT2D eigenvalue weighted by Crippen LogP contribution is -2.26. The number of para-hydroxylation sites is 2. The summed E-state index contributed by atoms with van der Waals surface area (Å²) in [5.41, 5.74) is 1.28. The van der Waals surface area contributed by atoms with Crippen LogP contribution in [0.4, 0.5) is 5.69 Å². The lowest BCUT2D eigenvalue weighted by molar-refractivity contribution is -0.117. The van der Waals surface area contributed by atoms with Crippen LogP contribution in [0.25, 0.3) is 5.69 Å². The van der Waals surface area contributed by atoms with Gasteiger partial charge in [0.2, 0.25) is 15.0 Å². The molecule has 0 bridgehead atoms. The molecular weight excluding hydrogens is 330 g/mol. The highest BCUT2D eigenvalue weighted by Crippen LogP contribution is 2.30. The predicted octanol–water partition coefficient (Wildman–Crippen LogP) is 0.584. The number of halogens is 1. The van der Waals surface area contributed by atoms with Gasteiger partial charge in [0.25, 0.3) is 0 Å². The Bertz CT molecular complexity index is 793. The lowest BCUT2D eigenvalue weighted by atomic mass is 10.1. The number of aromatic nitrogens is 4. The minimum Gasteiger partial charge on any atom is -0.310 e. The summed E-state index contributed by atoms with van der Waals surface area (Å²) in [7, 11) is 1.64. The van der Waals surface area contributed by atoms with Crippen LogP contribution >= 0.6 is 10.7 Å². The molecule has 3 rings (SSSR count). The van der Waals surface area contributed by atoms with E-state index in [1.165, 1.54) is 11.0 Å². The number of carbonyl (C=O) groups excluding carboxylic acids is 1. The first-order chi connectivity index (χ1) is 10.4. The summed E-state index contributed by atoms with van der Waals surface area (Å²) < 4.78 is 23.8. The maximum Gasteiger partial charge on any atom is 0.232 e. The molecule has 0 saturated carbocycles. The molecule has 0 radical (unpaired) electrons. The van der Waals surface area contributed by atoms with Gasteiger partial charge in [-0.2, -0.15) is 4.68 Å². The second kappa shape index (κ2) is 5.65. The number of hydrogen-bond donors (Lipinski definition) is 0. The van der Waals surface area contributed by atoms with Crippen molar-refractivity contribution in [1.29, 1.82) is 0 Å². The summed E-state index contributed by atoms with van der Waals surface area (Å²) >= 11 is 0. The number of nitrogens with zero attached hydrogens (tertiary/aromatic N) is 5. The number of amides is 1. The second-order valence-corrected chi connectivity index (χ2v) is 7.84. The summed E-state index contributed by atoms with van der Waals surface area (Å²) in [4.78, 5) is 13.8. The van der Waals surface area contributed by atoms with Gasteiger partial charge >= 0.3 is 0 Å². The fourth-order valence-electron chi connectivity index (χ4n) is 2.57. The van der Waals surface area contributed by atoms with Crippen molar-refractivity contribution in [2.24, 2.45) is 5.92 Å². The maximum atomic E-state index is 12.2. The van der Waals surface area contributed by atoms with Crippen LogP contribution in [0.3, 0.4) is 0 Å². The van der Waals surface area contributed by atoms with E-state index in [-0.39, 0.29) is 24.0 Å². The third-order valence-electron chi connectivity index (χ3n) is 3.41. The normalized spacial score (nSPS) is 18.9. The first kappa shape index (κ1) is 14.9. The molecule has 1 aromatic heterocycles. The Hall–Kier alpha value is -2.00. The molecule has 2 aromatic rings. The first-order valence-corrected chi connectivity index (χ1v) is 8.97. The highest BCUT2D eigenvalue weighted by atomic mass is 35.7. The largest absolute Gasteiger partial charge is 0.310 e. The average Bonchev–Trinajstić information content (AvgIpc) is 3.07. The second-order valence-electron chi connectivity index (χ2n) is 5.02. The molecule has 0 spiro atoms. The van der Waals surface area contributed by atoms with Gasteiger partial charge in [0, 0.05) is 29.6 Å². The molecule has 1 unspecified atom stereocenters. The van der Waals surface area contributed by atoms with E-state index in [1.807, 2.05) is 6.07 Å². The van der Waals surface area contributed by atoms with Gasteiger partial charge < -0.3 is 4.90 Å². The fourth-order valence-corrected chi connectivity index (χ4v) is 3.89. The zero-order valence-electron chi connectivity index (χ0n) is 11.3. The number of tetrazole rings is 1. The van der Waals surface area contributed by atoms with Crippen molar-refractivity contribution in [3.63, 3.8) is 0 Å². The quantitative estimate of drug-likeness (QED) is 0.755. The third-order valence-corrected chi connectivity index (χ3v) is 4.66. The van der Waals surface area contributed by atoms with Crippen molar-refractivity contribution in [3.05, 3.63) is 30.6 Å². The standard InChI is InChI=1S/C12H12ClN5O3S/c13-22(20,21)7-9-5-12(19)17(6-9)10-3-1-2-4-11(10)18-8-14-15-16-18/h1-4,8-9H,5-7H2. The van der Waals surface area contributed by atoms with E-state index >= 15 is 0 Å². The Balaban J connectivity index is 1.91. The highest BCUT2D eigenvalue weighted by Gasteiger charge is 2.34. The van der Waals surface area contributed by atoms with Crippen LogP contribution in [-0.4, -0.2) is 46.8 Å². The van der Waals surface area contributed by atoms with Gasteiger partial charge in [0.05, 0.1) is 17.1 Å². The Labute approximate surface area is 131 Å². The number of hydrogen-bond acceptors (Lipinski definition) is 6. The summed E-state index contributed by atoms with van der Waals surface area (Å²) in [5, 5.41) is 11.0. The molecule has 2 heterocycles. The predicted molar refractivity (Wildman–Crippen MR) is 79.3 cm³/mol. The number of anilines is 1. The van der Waals surface area contributed by atoms with Gasteiger partial charge in [0.1, 0.15) is 6.33 Å². The summed E-state index contributed by atoms with van der Waals surface area (Å²) in [6.07, 6.45) is 1.58. The van der Waals surface area contributed by atoms with Gasteiger partial charge in [-0.1, -0.05) is 12.1 Å². The molecule has 0 N–H and O–H groups in total. The Morgan fingerprint density at radius 1 is 1.27 bits per heavy atom. The molecule has 1 aliphatic rings. The van der Waals surface area contributed by atoms with Crippen molar-refractivity contribution >= 4 is 31.3 Å². The smallest absolute Gasteiger partial charge is 0.232 e. The van der Waals surface area contributed by atoms with Crippen molar-refractivity contribution in [2.45, 2.75) is 6.42 Å². The molecule has 1 aliphatic heterocycles. The van der Waals surface area contributed by atoms with E-state index in [9.17, 15) is 13.2 Å². The molecule has 8 nitrogen and oxygen atoms in total. The zero-order chi connectivity index (χ0) is 15.7. The Kier molecular flexibility index (Phi) is 3.83. The van der Waals surface area contributed by atoms with E-state index in [1.54, 1.807) is 23.1 Å². The van der Waals surface area contributed by atoms with Crippen molar-refractivity contribution in [2.75, 3.05) is 17.2 Å². The monoisotopic (exact) mass is 341 g/mol. The molecule has 1 amide bonds. The van der Waals surface area contributed by atoms with Gasteiger partial charge in [-0.05, 0) is 22.6 Å². The van der Waals surface area contributed by atoms with Crippen LogP contribution in [0.15, 0.2) is 30.6 Å². The zero-order valence-corrected chi connectivity index (χ0v) is 12.9. The van der Waals surface area contributed by atoms with Gasteiger partial charge in [-0.25, -0.2) is 8.42 Å². The molecular formula is C12H12ClN5O3S. The van der Waals surface area contributed by atoms with E-state index in [0.29, 0.717) is 17.9 Å². The SMILES string of the molecule is O=C1CC(CS(=O)(=O)Cl)CN1c1ccccc1-n1cnnn1. The van der Waals surface area contributed by atoms with Crippen molar-refractivity contribution in [1.82, 2.24) is 20.2 Å². The van der Waals surface area contributed by atoms with Crippen LogP contribution in [0, 0.1) is 5.92 Å². The van der Waals surface area contributed by atoms with Gasteiger partial charge in [0.15, 0.2) is 0 Å². The van der Waals surface area contributed by atoms with Crippen molar-refractivity contribution in [3.8, 4) is 5.69 Å². The fraction of sp³-hybridized carbons (Fsp3) is 0.333. The Morgan fingerprint density at radius 2 is 2.00 bits per heavy atom. The topological polar surface area (TPSA) is 98.1 Å². The molecule has 116 valence electrons. The van der Waals surface area contributed by atoms with E-state index in [2.05, 4.69) is 15.5 Å². The molecule has 1 fully saturated rings. The summed E-state index contributed by atoms with van der Waals surface area (Å²) in [5.74, 6) is -0.688. The number of carbonyl (C=O) groups is 1. The van der Waals surface area contributed by atoms with E-state index < -0.39 is 9.05 Å². The molecule has 1 atom stereocenters. The Morgan fingerprint density at radius 3 is 2.64 bits per heavy atom. The van der Waals surface area contributed by atoms with E-state index in [0.717, 1.165) is 0 Å². The molecule has 0 aliphatic carbocycles. The number of benzene rings is 1. The van der Waals surface area contributed by atoms with Crippen LogP contribution in [0.2, 0.25) is 0 Å². The molecule has 1 saturated heterocycles. The molecule has 10 heteroatoms. The van der Waals surface area contributed by atoms with E-state index in [4.69, 9.17) is 10.7 Å². The summed E-state index contributed by atoms with van der Waals surface area (Å²) in [6.45, 7) is 0.296. The lowest BCUT2D eigenvalue weighted by Gasteiger charge is -2.19. The highest BCUT2D eigenvalue weighted by molar-refractivity contribution is 8.13. The average molecular weight is 342 g/mol. The first-order valence-electron chi connectivity index (χ1n) is 6.49. The minimum atomic E-state index is -3.63. The number of rotatable bonds is 4. The maximum absolute atomic E-state index is 12.2. The van der Waals surface area contributed by atoms with Gasteiger partial charge in [-0.3, -0.25) is 4.79 Å². The third kappa shape index (κ3) is 3.09. The van der Waals surface area contributed by atoms with Crippen LogP contribution in [0.5, 0.6) is 0 Å². The van der Waals surface area contributed by atoms with Gasteiger partial charge in [-0.15, -0.1) is 5.10 Å². The molecule has 22 heavy (non-hydrogen) atoms. The van der Waals surface area contributed by atoms with Crippen LogP contribution in [-0.2, 0) is 13.8 Å². The van der Waals surface area contributed by atoms with Crippen molar-refractivity contribution < 1.29 is 13.2 Å². The summed E-state index contributed by atoms with van der Waals surface area (Å²) in [6, 6.07) is 7.15. The van der Waals surface area contributed by atoms with Crippen LogP contribution in [0.1, 0.15) is 6.42 Å². The minimum absolute atomic E-state index is 0.147.